The van der Waals surface area contributed by atoms with Crippen molar-refractivity contribution in [2.24, 2.45) is 0 Å². The number of nitrogens with zero attached hydrogens (tertiary/aromatic N) is 2. The van der Waals surface area contributed by atoms with E-state index >= 15 is 0 Å². The first-order valence-electron chi connectivity index (χ1n) is 6.10. The van der Waals surface area contributed by atoms with Gasteiger partial charge in [0.2, 0.25) is 5.91 Å². The van der Waals surface area contributed by atoms with Gasteiger partial charge in [-0.05, 0) is 26.7 Å². The maximum Gasteiger partial charge on any atom is 0.241 e. The minimum absolute atomic E-state index is 0.124. The number of aryl methyl sites for hydroxylation is 1. The number of hydrogen-bond acceptors (Lipinski definition) is 3. The molecule has 0 spiro atoms. The molecule has 0 aliphatic heterocycles. The monoisotopic (exact) mass is 273 g/mol. The van der Waals surface area contributed by atoms with Crippen molar-refractivity contribution in [1.29, 1.82) is 0 Å². The minimum atomic E-state index is -0.353. The van der Waals surface area contributed by atoms with E-state index in [0.717, 1.165) is 11.4 Å². The maximum absolute atomic E-state index is 11.7. The molecule has 0 fully saturated rings. The number of carbonyl (C=O) groups excluding carboxylic acids is 1. The van der Waals surface area contributed by atoms with Crippen molar-refractivity contribution in [3.8, 4) is 0 Å². The second-order valence-corrected chi connectivity index (χ2v) is 4.72. The Kier molecular flexibility index (Phi) is 5.62. The molecule has 0 aliphatic carbocycles. The summed E-state index contributed by atoms with van der Waals surface area (Å²) in [4.78, 5) is 11.7. The molecule has 1 rings (SSSR count). The normalized spacial score (nSPS) is 12.5. The van der Waals surface area contributed by atoms with Crippen LogP contribution in [0.2, 0.25) is 5.02 Å². The third-order valence-electron chi connectivity index (χ3n) is 2.86. The molecule has 1 amide bonds. The summed E-state index contributed by atoms with van der Waals surface area (Å²) in [7, 11) is 0. The molecule has 0 aromatic carbocycles. The van der Waals surface area contributed by atoms with Crippen molar-refractivity contribution >= 4 is 17.5 Å². The van der Waals surface area contributed by atoms with Gasteiger partial charge in [-0.15, -0.1) is 0 Å². The molecule has 18 heavy (non-hydrogen) atoms. The molecule has 102 valence electrons. The fourth-order valence-corrected chi connectivity index (χ4v) is 1.74. The number of hydrogen-bond donors (Lipinski definition) is 2. The molecule has 2 N–H and O–H groups in total. The lowest BCUT2D eigenvalue weighted by Gasteiger charge is -2.09. The Morgan fingerprint density at radius 1 is 1.56 bits per heavy atom. The Balaban J connectivity index is 2.43. The molecule has 1 atom stereocenters. The van der Waals surface area contributed by atoms with Gasteiger partial charge in [0, 0.05) is 6.54 Å². The van der Waals surface area contributed by atoms with Crippen molar-refractivity contribution in [2.75, 3.05) is 6.54 Å². The van der Waals surface area contributed by atoms with Gasteiger partial charge in [-0.2, -0.15) is 5.10 Å². The summed E-state index contributed by atoms with van der Waals surface area (Å²) in [5.41, 5.74) is 1.52. The number of aliphatic hydroxyl groups is 1. The molecule has 0 saturated carbocycles. The van der Waals surface area contributed by atoms with E-state index in [-0.39, 0.29) is 18.6 Å². The Morgan fingerprint density at radius 3 is 2.72 bits per heavy atom. The molecule has 1 heterocycles. The van der Waals surface area contributed by atoms with Crippen molar-refractivity contribution < 1.29 is 9.90 Å². The molecular weight excluding hydrogens is 254 g/mol. The van der Waals surface area contributed by atoms with Gasteiger partial charge in [-0.3, -0.25) is 9.48 Å². The highest BCUT2D eigenvalue weighted by Crippen LogP contribution is 2.18. The van der Waals surface area contributed by atoms with E-state index in [2.05, 4.69) is 10.4 Å². The Bertz CT molecular complexity index is 418. The van der Waals surface area contributed by atoms with Crippen LogP contribution in [-0.4, -0.2) is 33.4 Å². The largest absolute Gasteiger partial charge is 0.393 e. The van der Waals surface area contributed by atoms with Gasteiger partial charge in [0.15, 0.2) is 0 Å². The van der Waals surface area contributed by atoms with Crippen molar-refractivity contribution in [3.05, 3.63) is 16.4 Å². The number of aliphatic hydroxyl groups excluding tert-OH is 1. The molecular formula is C12H20ClN3O2. The average Bonchev–Trinajstić information content (AvgIpc) is 2.56. The van der Waals surface area contributed by atoms with Crippen LogP contribution < -0.4 is 5.32 Å². The predicted molar refractivity (Wildman–Crippen MR) is 70.6 cm³/mol. The zero-order valence-corrected chi connectivity index (χ0v) is 11.8. The fourth-order valence-electron chi connectivity index (χ4n) is 1.60. The van der Waals surface area contributed by atoms with Crippen LogP contribution >= 0.6 is 11.6 Å². The van der Waals surface area contributed by atoms with Gasteiger partial charge in [0.05, 0.1) is 22.5 Å². The number of carbonyl (C=O) groups is 1. The first-order valence-corrected chi connectivity index (χ1v) is 6.47. The Hall–Kier alpha value is -1.07. The third-order valence-corrected chi connectivity index (χ3v) is 3.40. The summed E-state index contributed by atoms with van der Waals surface area (Å²) in [6, 6.07) is 0. The summed E-state index contributed by atoms with van der Waals surface area (Å²) >= 11 is 6.00. The lowest BCUT2D eigenvalue weighted by molar-refractivity contribution is -0.121. The molecule has 0 radical (unpaired) electrons. The lowest BCUT2D eigenvalue weighted by Crippen LogP contribution is -2.30. The summed E-state index contributed by atoms with van der Waals surface area (Å²) in [5, 5.41) is 16.9. The van der Waals surface area contributed by atoms with Gasteiger partial charge in [0.1, 0.15) is 6.54 Å². The van der Waals surface area contributed by atoms with Gasteiger partial charge < -0.3 is 10.4 Å². The van der Waals surface area contributed by atoms with Crippen LogP contribution in [0.3, 0.4) is 0 Å². The molecule has 1 aromatic rings. The van der Waals surface area contributed by atoms with Crippen LogP contribution in [0.4, 0.5) is 0 Å². The number of nitrogens with one attached hydrogen (secondary N) is 1. The molecule has 5 nitrogen and oxygen atoms in total. The molecule has 1 unspecified atom stereocenters. The van der Waals surface area contributed by atoms with Gasteiger partial charge >= 0.3 is 0 Å². The van der Waals surface area contributed by atoms with E-state index in [4.69, 9.17) is 11.6 Å². The van der Waals surface area contributed by atoms with E-state index in [1.807, 2.05) is 13.8 Å². The van der Waals surface area contributed by atoms with E-state index in [1.54, 1.807) is 11.6 Å². The standard InChI is InChI=1S/C12H20ClN3O2/c1-4-10(17)5-6-14-11(18)7-16-9(3)12(13)8(2)15-16/h10,17H,4-7H2,1-3H3,(H,14,18). The van der Waals surface area contributed by atoms with Gasteiger partial charge in [-0.1, -0.05) is 18.5 Å². The summed E-state index contributed by atoms with van der Waals surface area (Å²) in [6.07, 6.45) is 0.914. The van der Waals surface area contributed by atoms with Crippen LogP contribution in [0.5, 0.6) is 0 Å². The highest BCUT2D eigenvalue weighted by atomic mass is 35.5. The zero-order chi connectivity index (χ0) is 13.7. The maximum atomic E-state index is 11.7. The van der Waals surface area contributed by atoms with E-state index < -0.39 is 0 Å². The van der Waals surface area contributed by atoms with E-state index in [1.165, 1.54) is 0 Å². The first-order chi connectivity index (χ1) is 8.45. The van der Waals surface area contributed by atoms with Gasteiger partial charge in [-0.25, -0.2) is 0 Å². The number of aromatic nitrogens is 2. The Morgan fingerprint density at radius 2 is 2.22 bits per heavy atom. The van der Waals surface area contributed by atoms with Crippen LogP contribution in [0, 0.1) is 13.8 Å². The minimum Gasteiger partial charge on any atom is -0.393 e. The average molecular weight is 274 g/mol. The lowest BCUT2D eigenvalue weighted by atomic mass is 10.2. The van der Waals surface area contributed by atoms with Crippen molar-refractivity contribution in [3.63, 3.8) is 0 Å². The molecule has 0 aliphatic rings. The second-order valence-electron chi connectivity index (χ2n) is 4.34. The van der Waals surface area contributed by atoms with E-state index in [0.29, 0.717) is 24.4 Å². The molecule has 6 heteroatoms. The van der Waals surface area contributed by atoms with Crippen LogP contribution in [0.1, 0.15) is 31.2 Å². The third kappa shape index (κ3) is 3.99. The fraction of sp³-hybridized carbons (Fsp3) is 0.667. The van der Waals surface area contributed by atoms with E-state index in [9.17, 15) is 9.90 Å². The molecule has 0 bridgehead atoms. The summed E-state index contributed by atoms with van der Waals surface area (Å²) < 4.78 is 1.59. The summed E-state index contributed by atoms with van der Waals surface area (Å²) in [6.45, 7) is 6.17. The van der Waals surface area contributed by atoms with Crippen LogP contribution in [0.25, 0.3) is 0 Å². The number of rotatable bonds is 6. The highest BCUT2D eigenvalue weighted by molar-refractivity contribution is 6.31. The first kappa shape index (κ1) is 15.0. The molecule has 0 saturated heterocycles. The van der Waals surface area contributed by atoms with Gasteiger partial charge in [0.25, 0.3) is 0 Å². The predicted octanol–water partition coefficient (Wildman–Crippen LogP) is 1.43. The smallest absolute Gasteiger partial charge is 0.241 e. The molecule has 1 aromatic heterocycles. The Labute approximate surface area is 112 Å². The topological polar surface area (TPSA) is 67.2 Å². The highest BCUT2D eigenvalue weighted by Gasteiger charge is 2.12. The van der Waals surface area contributed by atoms with Crippen molar-refractivity contribution in [2.45, 2.75) is 46.3 Å². The number of halogens is 1. The second kappa shape index (κ2) is 6.75. The van der Waals surface area contributed by atoms with Crippen LogP contribution in [-0.2, 0) is 11.3 Å². The summed E-state index contributed by atoms with van der Waals surface area (Å²) in [5.74, 6) is -0.124. The quantitative estimate of drug-likeness (QED) is 0.824. The zero-order valence-electron chi connectivity index (χ0n) is 11.0. The number of amides is 1. The van der Waals surface area contributed by atoms with Crippen LogP contribution in [0.15, 0.2) is 0 Å². The van der Waals surface area contributed by atoms with Crippen molar-refractivity contribution in [1.82, 2.24) is 15.1 Å². The SMILES string of the molecule is CCC(O)CCNC(=O)Cn1nc(C)c(Cl)c1C.